The smallest absolute Gasteiger partial charge is 0.338 e. The molecule has 0 fully saturated rings. The van der Waals surface area contributed by atoms with E-state index in [1.807, 2.05) is 0 Å². The van der Waals surface area contributed by atoms with Crippen LogP contribution in [0.25, 0.3) is 6.08 Å². The molecule has 4 rings (SSSR count). The van der Waals surface area contributed by atoms with Gasteiger partial charge in [-0.2, -0.15) is 0 Å². The van der Waals surface area contributed by atoms with E-state index in [-0.39, 0.29) is 23.5 Å². The average molecular weight is 517 g/mol. The molecule has 1 aromatic heterocycles. The van der Waals surface area contributed by atoms with E-state index in [1.54, 1.807) is 44.2 Å². The topological polar surface area (TPSA) is 80.9 Å². The van der Waals surface area contributed by atoms with Gasteiger partial charge in [0.15, 0.2) is 4.80 Å². The molecule has 0 bridgehead atoms. The van der Waals surface area contributed by atoms with Crippen molar-refractivity contribution in [1.29, 1.82) is 0 Å². The number of thiazole rings is 1. The molecule has 1 aliphatic heterocycles. The summed E-state index contributed by atoms with van der Waals surface area (Å²) in [5, 5.41) is 9.72. The van der Waals surface area contributed by atoms with E-state index in [2.05, 4.69) is 20.9 Å². The number of allylic oxidation sites excluding steroid dienone is 1. The van der Waals surface area contributed by atoms with Gasteiger partial charge in [-0.15, -0.1) is 0 Å². The molecule has 0 saturated heterocycles. The summed E-state index contributed by atoms with van der Waals surface area (Å²) >= 11 is 4.46. The van der Waals surface area contributed by atoms with Crippen LogP contribution in [-0.2, 0) is 9.53 Å². The number of aromatic nitrogens is 1. The minimum atomic E-state index is -0.792. The van der Waals surface area contributed by atoms with E-state index >= 15 is 0 Å². The van der Waals surface area contributed by atoms with Crippen molar-refractivity contribution in [2.24, 2.45) is 4.99 Å². The number of hydrogen-bond acceptors (Lipinski definition) is 6. The fourth-order valence-corrected chi connectivity index (χ4v) is 4.96. The van der Waals surface area contributed by atoms with Gasteiger partial charge in [0.1, 0.15) is 11.6 Å². The lowest BCUT2D eigenvalue weighted by molar-refractivity contribution is -0.139. The van der Waals surface area contributed by atoms with E-state index in [9.17, 15) is 19.1 Å². The van der Waals surface area contributed by atoms with Crippen molar-refractivity contribution in [1.82, 2.24) is 4.57 Å². The monoisotopic (exact) mass is 516 g/mol. The molecule has 32 heavy (non-hydrogen) atoms. The lowest BCUT2D eigenvalue weighted by Gasteiger charge is -2.24. The summed E-state index contributed by atoms with van der Waals surface area (Å²) in [6, 6.07) is 9.79. The quantitative estimate of drug-likeness (QED) is 0.539. The summed E-state index contributed by atoms with van der Waals surface area (Å²) in [6.07, 6.45) is 1.69. The Kier molecular flexibility index (Phi) is 6.12. The molecule has 1 aliphatic rings. The first-order valence-corrected chi connectivity index (χ1v) is 11.3. The van der Waals surface area contributed by atoms with Gasteiger partial charge in [0.25, 0.3) is 5.56 Å². The molecule has 164 valence electrons. The maximum absolute atomic E-state index is 13.6. The number of carbonyl (C=O) groups is 1. The van der Waals surface area contributed by atoms with Gasteiger partial charge in [-0.25, -0.2) is 14.2 Å². The molecule has 2 aromatic carbocycles. The second kappa shape index (κ2) is 8.84. The van der Waals surface area contributed by atoms with Crippen LogP contribution in [0.3, 0.4) is 0 Å². The SMILES string of the molecule is CCOC(=O)C1=C(C)N=c2s/c(=C\c3ccc(O)c(Br)c3)c(=O)n2[C@@H]1c1ccc(F)cc1. The lowest BCUT2D eigenvalue weighted by Crippen LogP contribution is -2.39. The summed E-state index contributed by atoms with van der Waals surface area (Å²) < 4.78 is 21.2. The Bertz CT molecular complexity index is 1420. The Balaban J connectivity index is 1.95. The number of halogens is 2. The van der Waals surface area contributed by atoms with Gasteiger partial charge >= 0.3 is 5.97 Å². The molecule has 0 unspecified atom stereocenters. The van der Waals surface area contributed by atoms with Crippen LogP contribution in [0.4, 0.5) is 4.39 Å². The number of ether oxygens (including phenoxy) is 1. The summed E-state index contributed by atoms with van der Waals surface area (Å²) in [7, 11) is 0. The molecule has 0 saturated carbocycles. The van der Waals surface area contributed by atoms with Crippen LogP contribution in [-0.4, -0.2) is 22.2 Å². The molecule has 0 radical (unpaired) electrons. The van der Waals surface area contributed by atoms with E-state index in [0.717, 1.165) is 0 Å². The Morgan fingerprint density at radius 3 is 2.69 bits per heavy atom. The van der Waals surface area contributed by atoms with Gasteiger partial charge < -0.3 is 9.84 Å². The fraction of sp³-hybridized carbons (Fsp3) is 0.174. The van der Waals surface area contributed by atoms with Crippen molar-refractivity contribution in [3.63, 3.8) is 0 Å². The predicted molar refractivity (Wildman–Crippen MR) is 123 cm³/mol. The Labute approximate surface area is 194 Å². The minimum absolute atomic E-state index is 0.0922. The van der Waals surface area contributed by atoms with Gasteiger partial charge in [-0.05, 0) is 71.2 Å². The highest BCUT2D eigenvalue weighted by molar-refractivity contribution is 9.10. The molecule has 0 aliphatic carbocycles. The molecule has 3 aromatic rings. The van der Waals surface area contributed by atoms with Crippen LogP contribution in [0.5, 0.6) is 5.75 Å². The molecule has 0 spiro atoms. The van der Waals surface area contributed by atoms with Crippen molar-refractivity contribution < 1.29 is 19.0 Å². The minimum Gasteiger partial charge on any atom is -0.507 e. The largest absolute Gasteiger partial charge is 0.507 e. The molecular weight excluding hydrogens is 499 g/mol. The number of aromatic hydroxyl groups is 1. The zero-order valence-electron chi connectivity index (χ0n) is 17.1. The number of rotatable bonds is 4. The van der Waals surface area contributed by atoms with Crippen LogP contribution < -0.4 is 14.9 Å². The highest BCUT2D eigenvalue weighted by atomic mass is 79.9. The van der Waals surface area contributed by atoms with Crippen molar-refractivity contribution in [2.75, 3.05) is 6.61 Å². The van der Waals surface area contributed by atoms with Gasteiger partial charge in [0.05, 0.1) is 32.9 Å². The van der Waals surface area contributed by atoms with Gasteiger partial charge in [-0.1, -0.05) is 29.5 Å². The van der Waals surface area contributed by atoms with Crippen molar-refractivity contribution in [2.45, 2.75) is 19.9 Å². The molecular formula is C23H18BrFN2O4S. The normalized spacial score (nSPS) is 16.0. The third-order valence-corrected chi connectivity index (χ3v) is 6.59. The Hall–Kier alpha value is -3.04. The zero-order valence-corrected chi connectivity index (χ0v) is 19.5. The van der Waals surface area contributed by atoms with Crippen LogP contribution in [0.15, 0.2) is 68.0 Å². The first kappa shape index (κ1) is 22.2. The van der Waals surface area contributed by atoms with E-state index in [1.165, 1.54) is 34.1 Å². The van der Waals surface area contributed by atoms with Crippen LogP contribution in [0.1, 0.15) is 31.0 Å². The second-order valence-electron chi connectivity index (χ2n) is 7.06. The standard InChI is InChI=1S/C23H18BrFN2O4S/c1-3-31-22(30)19-12(2)26-23-27(20(19)14-5-7-15(25)8-6-14)21(29)18(32-23)11-13-4-9-17(28)16(24)10-13/h4-11,20,28H,3H2,1-2H3/b18-11-/t20-/m1/s1. The summed E-state index contributed by atoms with van der Waals surface area (Å²) in [5.74, 6) is -0.896. The number of carbonyl (C=O) groups excluding carboxylic acids is 1. The first-order valence-electron chi connectivity index (χ1n) is 9.73. The van der Waals surface area contributed by atoms with Gasteiger partial charge in [0.2, 0.25) is 0 Å². The second-order valence-corrected chi connectivity index (χ2v) is 8.93. The summed E-state index contributed by atoms with van der Waals surface area (Å²) in [5.41, 5.74) is 1.63. The number of phenolic OH excluding ortho intramolecular Hbond substituents is 1. The van der Waals surface area contributed by atoms with Crippen LogP contribution in [0, 0.1) is 5.82 Å². The Morgan fingerprint density at radius 1 is 1.31 bits per heavy atom. The van der Waals surface area contributed by atoms with Crippen LogP contribution >= 0.6 is 27.3 Å². The summed E-state index contributed by atoms with van der Waals surface area (Å²) in [6.45, 7) is 3.56. The number of hydrogen-bond donors (Lipinski definition) is 1. The van der Waals surface area contributed by atoms with Crippen molar-refractivity contribution >= 4 is 39.3 Å². The van der Waals surface area contributed by atoms with E-state index in [0.29, 0.717) is 30.6 Å². The fourth-order valence-electron chi connectivity index (χ4n) is 3.52. The van der Waals surface area contributed by atoms with Gasteiger partial charge in [-0.3, -0.25) is 9.36 Å². The molecule has 2 heterocycles. The highest BCUT2D eigenvalue weighted by Crippen LogP contribution is 2.31. The van der Waals surface area contributed by atoms with Crippen LogP contribution in [0.2, 0.25) is 0 Å². The molecule has 9 heteroatoms. The first-order chi connectivity index (χ1) is 15.3. The number of benzene rings is 2. The molecule has 0 amide bonds. The molecule has 6 nitrogen and oxygen atoms in total. The zero-order chi connectivity index (χ0) is 23.0. The number of fused-ring (bicyclic) bond motifs is 1. The highest BCUT2D eigenvalue weighted by Gasteiger charge is 2.33. The maximum atomic E-state index is 13.6. The van der Waals surface area contributed by atoms with E-state index in [4.69, 9.17) is 4.74 Å². The van der Waals surface area contributed by atoms with Crippen molar-refractivity contribution in [3.8, 4) is 5.75 Å². The molecule has 1 N–H and O–H groups in total. The number of phenols is 1. The Morgan fingerprint density at radius 2 is 2.03 bits per heavy atom. The number of nitrogens with zero attached hydrogens (tertiary/aromatic N) is 2. The lowest BCUT2D eigenvalue weighted by atomic mass is 9.96. The van der Waals surface area contributed by atoms with Crippen molar-refractivity contribution in [3.05, 3.63) is 94.8 Å². The van der Waals surface area contributed by atoms with Gasteiger partial charge in [0, 0.05) is 0 Å². The van der Waals surface area contributed by atoms with E-state index < -0.39 is 17.8 Å². The summed E-state index contributed by atoms with van der Waals surface area (Å²) in [4.78, 5) is 31.1. The third kappa shape index (κ3) is 4.05. The third-order valence-electron chi connectivity index (χ3n) is 4.97. The number of esters is 1. The average Bonchev–Trinajstić information content (AvgIpc) is 3.05. The maximum Gasteiger partial charge on any atom is 0.338 e. The predicted octanol–water partition coefficient (Wildman–Crippen LogP) is 3.41. The molecule has 1 atom stereocenters.